The van der Waals surface area contributed by atoms with E-state index in [1.165, 1.54) is 24.0 Å². The van der Waals surface area contributed by atoms with Crippen molar-refractivity contribution in [1.82, 2.24) is 5.32 Å². The molecule has 0 aromatic heterocycles. The van der Waals surface area contributed by atoms with E-state index < -0.39 is 0 Å². The van der Waals surface area contributed by atoms with Crippen molar-refractivity contribution >= 4 is 5.91 Å². The molecule has 3 heteroatoms. The lowest BCUT2D eigenvalue weighted by Gasteiger charge is -2.18. The second kappa shape index (κ2) is 7.08. The zero-order chi connectivity index (χ0) is 17.1. The van der Waals surface area contributed by atoms with Gasteiger partial charge in [0, 0.05) is 5.56 Å². The highest BCUT2D eigenvalue weighted by Crippen LogP contribution is 2.26. The molecule has 1 amide bonds. The molecule has 3 rings (SSSR count). The first-order valence-electron chi connectivity index (χ1n) is 8.61. The zero-order valence-electron chi connectivity index (χ0n) is 14.7. The Labute approximate surface area is 144 Å². The SMILES string of the molecule is COc1ccc(C)cc1[C@H](C)NC(=O)Cc1ccc2c(c1)CCC2. The van der Waals surface area contributed by atoms with Gasteiger partial charge in [0.25, 0.3) is 0 Å². The molecule has 0 fully saturated rings. The van der Waals surface area contributed by atoms with Crippen molar-refractivity contribution < 1.29 is 9.53 Å². The molecular weight excluding hydrogens is 298 g/mol. The summed E-state index contributed by atoms with van der Waals surface area (Å²) in [6.45, 7) is 4.04. The van der Waals surface area contributed by atoms with Crippen LogP contribution in [0.4, 0.5) is 0 Å². The van der Waals surface area contributed by atoms with Gasteiger partial charge in [0.2, 0.25) is 5.91 Å². The maximum absolute atomic E-state index is 12.4. The van der Waals surface area contributed by atoms with E-state index in [2.05, 4.69) is 29.6 Å². The number of benzene rings is 2. The maximum atomic E-state index is 12.4. The molecule has 0 unspecified atom stereocenters. The highest BCUT2D eigenvalue weighted by atomic mass is 16.5. The minimum atomic E-state index is -0.0817. The minimum Gasteiger partial charge on any atom is -0.496 e. The summed E-state index contributed by atoms with van der Waals surface area (Å²) >= 11 is 0. The monoisotopic (exact) mass is 323 g/mol. The van der Waals surface area contributed by atoms with Gasteiger partial charge in [-0.2, -0.15) is 0 Å². The van der Waals surface area contributed by atoms with Crippen LogP contribution in [0.3, 0.4) is 0 Å². The largest absolute Gasteiger partial charge is 0.496 e. The van der Waals surface area contributed by atoms with Crippen LogP contribution in [0.25, 0.3) is 0 Å². The Hall–Kier alpha value is -2.29. The molecule has 1 N–H and O–H groups in total. The summed E-state index contributed by atoms with van der Waals surface area (Å²) in [6, 6.07) is 12.4. The number of carbonyl (C=O) groups excluding carboxylic acids is 1. The molecule has 0 saturated heterocycles. The highest BCUT2D eigenvalue weighted by Gasteiger charge is 2.16. The number of hydrogen-bond acceptors (Lipinski definition) is 2. The first-order valence-corrected chi connectivity index (χ1v) is 8.61. The molecule has 126 valence electrons. The van der Waals surface area contributed by atoms with Crippen LogP contribution in [-0.2, 0) is 24.1 Å². The average Bonchev–Trinajstić information content (AvgIpc) is 3.02. The molecule has 2 aromatic rings. The fourth-order valence-electron chi connectivity index (χ4n) is 3.48. The van der Waals surface area contributed by atoms with E-state index in [9.17, 15) is 4.79 Å². The molecule has 2 aromatic carbocycles. The van der Waals surface area contributed by atoms with E-state index in [0.717, 1.165) is 28.9 Å². The van der Waals surface area contributed by atoms with E-state index in [-0.39, 0.29) is 11.9 Å². The van der Waals surface area contributed by atoms with Crippen LogP contribution in [0, 0.1) is 6.92 Å². The normalized spacial score (nSPS) is 14.1. The predicted molar refractivity (Wildman–Crippen MR) is 96.5 cm³/mol. The maximum Gasteiger partial charge on any atom is 0.224 e. The molecular formula is C21H25NO2. The lowest BCUT2D eigenvalue weighted by Crippen LogP contribution is -2.28. The predicted octanol–water partition coefficient (Wildman–Crippen LogP) is 3.91. The summed E-state index contributed by atoms with van der Waals surface area (Å²) in [5.41, 5.74) is 6.12. The molecule has 0 radical (unpaired) electrons. The molecule has 1 aliphatic carbocycles. The minimum absolute atomic E-state index is 0.0454. The number of fused-ring (bicyclic) bond motifs is 1. The molecule has 1 aliphatic rings. The van der Waals surface area contributed by atoms with E-state index >= 15 is 0 Å². The second-order valence-corrected chi connectivity index (χ2v) is 6.67. The van der Waals surface area contributed by atoms with Gasteiger partial charge in [-0.1, -0.05) is 35.9 Å². The van der Waals surface area contributed by atoms with Gasteiger partial charge in [-0.05, 0) is 55.9 Å². The fraction of sp³-hybridized carbons (Fsp3) is 0.381. The molecule has 0 aliphatic heterocycles. The Morgan fingerprint density at radius 3 is 2.75 bits per heavy atom. The Morgan fingerprint density at radius 2 is 1.96 bits per heavy atom. The number of rotatable bonds is 5. The lowest BCUT2D eigenvalue weighted by molar-refractivity contribution is -0.121. The van der Waals surface area contributed by atoms with Crippen molar-refractivity contribution in [2.24, 2.45) is 0 Å². The standard InChI is InChI=1S/C21H25NO2/c1-14-7-10-20(24-3)19(11-14)15(2)22-21(23)13-16-8-9-17-5-4-6-18(17)12-16/h7-12,15H,4-6,13H2,1-3H3,(H,22,23)/t15-/m0/s1. The van der Waals surface area contributed by atoms with Crippen LogP contribution < -0.4 is 10.1 Å². The van der Waals surface area contributed by atoms with Crippen molar-refractivity contribution in [3.8, 4) is 5.75 Å². The van der Waals surface area contributed by atoms with Gasteiger partial charge in [0.05, 0.1) is 19.6 Å². The van der Waals surface area contributed by atoms with Gasteiger partial charge in [-0.25, -0.2) is 0 Å². The Kier molecular flexibility index (Phi) is 4.89. The number of carbonyl (C=O) groups is 1. The van der Waals surface area contributed by atoms with Crippen molar-refractivity contribution in [3.63, 3.8) is 0 Å². The Balaban J connectivity index is 1.67. The topological polar surface area (TPSA) is 38.3 Å². The van der Waals surface area contributed by atoms with Gasteiger partial charge in [-0.3, -0.25) is 4.79 Å². The van der Waals surface area contributed by atoms with E-state index in [1.54, 1.807) is 7.11 Å². The lowest BCUT2D eigenvalue weighted by atomic mass is 10.0. The van der Waals surface area contributed by atoms with E-state index in [0.29, 0.717) is 6.42 Å². The number of nitrogens with one attached hydrogen (secondary N) is 1. The van der Waals surface area contributed by atoms with E-state index in [4.69, 9.17) is 4.74 Å². The number of hydrogen-bond donors (Lipinski definition) is 1. The van der Waals surface area contributed by atoms with E-state index in [1.807, 2.05) is 26.0 Å². The molecule has 1 atom stereocenters. The smallest absolute Gasteiger partial charge is 0.224 e. The fourth-order valence-corrected chi connectivity index (χ4v) is 3.48. The molecule has 0 heterocycles. The van der Waals surface area contributed by atoms with Gasteiger partial charge >= 0.3 is 0 Å². The zero-order valence-corrected chi connectivity index (χ0v) is 14.7. The van der Waals surface area contributed by atoms with Gasteiger partial charge in [0.15, 0.2) is 0 Å². The summed E-state index contributed by atoms with van der Waals surface area (Å²) in [5, 5.41) is 3.10. The first kappa shape index (κ1) is 16.6. The number of ether oxygens (including phenoxy) is 1. The summed E-state index contributed by atoms with van der Waals surface area (Å²) in [6.07, 6.45) is 3.97. The van der Waals surface area contributed by atoms with Gasteiger partial charge in [0.1, 0.15) is 5.75 Å². The van der Waals surface area contributed by atoms with Gasteiger partial charge < -0.3 is 10.1 Å². The number of amides is 1. The van der Waals surface area contributed by atoms with Gasteiger partial charge in [-0.15, -0.1) is 0 Å². The molecule has 3 nitrogen and oxygen atoms in total. The first-order chi connectivity index (χ1) is 11.6. The van der Waals surface area contributed by atoms with Crippen molar-refractivity contribution in [2.45, 2.75) is 45.6 Å². The summed E-state index contributed by atoms with van der Waals surface area (Å²) in [4.78, 5) is 12.4. The average molecular weight is 323 g/mol. The Bertz CT molecular complexity index is 751. The van der Waals surface area contributed by atoms with Crippen LogP contribution in [0.15, 0.2) is 36.4 Å². The summed E-state index contributed by atoms with van der Waals surface area (Å²) in [5.74, 6) is 0.856. The third-order valence-corrected chi connectivity index (χ3v) is 4.76. The molecule has 0 bridgehead atoms. The quantitative estimate of drug-likeness (QED) is 0.906. The third kappa shape index (κ3) is 3.61. The third-order valence-electron chi connectivity index (χ3n) is 4.76. The molecule has 24 heavy (non-hydrogen) atoms. The number of aryl methyl sites for hydroxylation is 3. The molecule has 0 saturated carbocycles. The summed E-state index contributed by atoms with van der Waals surface area (Å²) < 4.78 is 5.42. The molecule has 0 spiro atoms. The summed E-state index contributed by atoms with van der Waals surface area (Å²) in [7, 11) is 1.66. The number of methoxy groups -OCH3 is 1. The van der Waals surface area contributed by atoms with Crippen molar-refractivity contribution in [2.75, 3.05) is 7.11 Å². The van der Waals surface area contributed by atoms with Crippen LogP contribution >= 0.6 is 0 Å². The van der Waals surface area contributed by atoms with Crippen LogP contribution in [0.2, 0.25) is 0 Å². The van der Waals surface area contributed by atoms with Crippen molar-refractivity contribution in [1.29, 1.82) is 0 Å². The highest BCUT2D eigenvalue weighted by molar-refractivity contribution is 5.79. The van der Waals surface area contributed by atoms with Crippen molar-refractivity contribution in [3.05, 3.63) is 64.2 Å². The van der Waals surface area contributed by atoms with Crippen LogP contribution in [0.1, 0.15) is 47.2 Å². The van der Waals surface area contributed by atoms with Crippen LogP contribution in [0.5, 0.6) is 5.75 Å². The van der Waals surface area contributed by atoms with Crippen LogP contribution in [-0.4, -0.2) is 13.0 Å². The second-order valence-electron chi connectivity index (χ2n) is 6.67. The Morgan fingerprint density at radius 1 is 1.17 bits per heavy atom.